The van der Waals surface area contributed by atoms with Crippen molar-refractivity contribution in [1.29, 1.82) is 0 Å². The van der Waals surface area contributed by atoms with Crippen molar-refractivity contribution in [3.8, 4) is 0 Å². The average Bonchev–Trinajstić information content (AvgIpc) is 2.85. The molecule has 1 N–H and O–H groups in total. The van der Waals surface area contributed by atoms with E-state index in [-0.39, 0.29) is 12.5 Å². The van der Waals surface area contributed by atoms with Crippen LogP contribution in [0.15, 0.2) is 4.47 Å². The molecule has 0 aromatic carbocycles. The molecule has 1 aromatic rings. The van der Waals surface area contributed by atoms with Crippen molar-refractivity contribution in [1.82, 2.24) is 14.7 Å². The van der Waals surface area contributed by atoms with Crippen LogP contribution in [0.5, 0.6) is 0 Å². The highest BCUT2D eigenvalue weighted by Crippen LogP contribution is 2.27. The lowest BCUT2D eigenvalue weighted by molar-refractivity contribution is -0.146. The monoisotopic (exact) mass is 329 g/mol. The summed E-state index contributed by atoms with van der Waals surface area (Å²) in [5.41, 5.74) is 1.74. The van der Waals surface area contributed by atoms with Gasteiger partial charge in [-0.05, 0) is 28.8 Å². The molecule has 0 radical (unpaired) electrons. The van der Waals surface area contributed by atoms with Crippen molar-refractivity contribution in [2.45, 2.75) is 38.8 Å². The molecule has 1 saturated heterocycles. The molecule has 1 atom stereocenters. The second-order valence-corrected chi connectivity index (χ2v) is 5.39. The van der Waals surface area contributed by atoms with Gasteiger partial charge in [-0.1, -0.05) is 6.92 Å². The van der Waals surface area contributed by atoms with E-state index in [1.54, 1.807) is 11.7 Å². The van der Waals surface area contributed by atoms with E-state index in [9.17, 15) is 9.59 Å². The molecule has 1 fully saturated rings. The Labute approximate surface area is 119 Å². The third-order valence-corrected chi connectivity index (χ3v) is 4.35. The van der Waals surface area contributed by atoms with Crippen molar-refractivity contribution < 1.29 is 14.7 Å². The van der Waals surface area contributed by atoms with Gasteiger partial charge in [-0.25, -0.2) is 4.79 Å². The van der Waals surface area contributed by atoms with Crippen molar-refractivity contribution in [3.63, 3.8) is 0 Å². The molecule has 19 heavy (non-hydrogen) atoms. The van der Waals surface area contributed by atoms with Crippen molar-refractivity contribution >= 4 is 27.8 Å². The van der Waals surface area contributed by atoms with E-state index in [0.717, 1.165) is 22.3 Å². The summed E-state index contributed by atoms with van der Waals surface area (Å²) in [5.74, 6) is -1.06. The summed E-state index contributed by atoms with van der Waals surface area (Å²) in [4.78, 5) is 24.4. The van der Waals surface area contributed by atoms with E-state index < -0.39 is 12.0 Å². The van der Waals surface area contributed by atoms with Crippen molar-refractivity contribution in [2.24, 2.45) is 7.05 Å². The number of carboxylic acids is 1. The quantitative estimate of drug-likeness (QED) is 0.903. The zero-order valence-electron chi connectivity index (χ0n) is 10.9. The summed E-state index contributed by atoms with van der Waals surface area (Å²) in [6.07, 6.45) is 1.46. The summed E-state index contributed by atoms with van der Waals surface area (Å²) in [6, 6.07) is -0.723. The third-order valence-electron chi connectivity index (χ3n) is 3.44. The van der Waals surface area contributed by atoms with Crippen molar-refractivity contribution in [2.75, 3.05) is 0 Å². The van der Waals surface area contributed by atoms with Gasteiger partial charge in [0, 0.05) is 13.5 Å². The Bertz CT molecular complexity index is 527. The molecule has 104 valence electrons. The van der Waals surface area contributed by atoms with Gasteiger partial charge >= 0.3 is 5.97 Å². The van der Waals surface area contributed by atoms with Crippen LogP contribution in [0.3, 0.4) is 0 Å². The van der Waals surface area contributed by atoms with Gasteiger partial charge < -0.3 is 10.0 Å². The highest BCUT2D eigenvalue weighted by molar-refractivity contribution is 9.10. The number of aliphatic carboxylic acids is 1. The summed E-state index contributed by atoms with van der Waals surface area (Å²) < 4.78 is 2.56. The average molecular weight is 330 g/mol. The Morgan fingerprint density at radius 2 is 2.26 bits per heavy atom. The van der Waals surface area contributed by atoms with Gasteiger partial charge in [-0.15, -0.1) is 0 Å². The van der Waals surface area contributed by atoms with Crippen LogP contribution in [0.25, 0.3) is 0 Å². The lowest BCUT2D eigenvalue weighted by atomic mass is 10.2. The maximum Gasteiger partial charge on any atom is 0.326 e. The third kappa shape index (κ3) is 2.51. The number of amides is 1. The molecule has 7 heteroatoms. The van der Waals surface area contributed by atoms with Crippen molar-refractivity contribution in [3.05, 3.63) is 15.9 Å². The molecule has 1 aliphatic rings. The van der Waals surface area contributed by atoms with Gasteiger partial charge in [0.15, 0.2) is 0 Å². The number of halogens is 1. The van der Waals surface area contributed by atoms with Crippen LogP contribution < -0.4 is 0 Å². The Hall–Kier alpha value is -1.37. The maximum atomic E-state index is 11.8. The fourth-order valence-corrected chi connectivity index (χ4v) is 3.08. The minimum Gasteiger partial charge on any atom is -0.480 e. The van der Waals surface area contributed by atoms with E-state index >= 15 is 0 Å². The molecule has 2 rings (SSSR count). The van der Waals surface area contributed by atoms with Crippen LogP contribution in [0.2, 0.25) is 0 Å². The molecular formula is C12H16BrN3O3. The molecular weight excluding hydrogens is 314 g/mol. The van der Waals surface area contributed by atoms with E-state index in [0.29, 0.717) is 12.8 Å². The molecule has 1 aromatic heterocycles. The van der Waals surface area contributed by atoms with Gasteiger partial charge in [0.1, 0.15) is 6.04 Å². The number of aryl methyl sites for hydroxylation is 2. The first-order valence-electron chi connectivity index (χ1n) is 6.18. The number of aromatic nitrogens is 2. The highest BCUT2D eigenvalue weighted by atomic mass is 79.9. The zero-order chi connectivity index (χ0) is 14.2. The number of nitrogens with zero attached hydrogens (tertiary/aromatic N) is 3. The lowest BCUT2D eigenvalue weighted by Gasteiger charge is -2.21. The Kier molecular flexibility index (Phi) is 3.93. The molecule has 0 spiro atoms. The molecule has 1 aliphatic heterocycles. The number of carbonyl (C=O) groups is 2. The second kappa shape index (κ2) is 5.32. The van der Waals surface area contributed by atoms with E-state index in [4.69, 9.17) is 5.11 Å². The standard InChI is InChI=1S/C12H16BrN3O3/c1-3-7-11(13)9(15(2)14-7)6-16-8(12(18)19)4-5-10(16)17/h8H,3-6H2,1-2H3,(H,18,19). The van der Waals surface area contributed by atoms with Gasteiger partial charge in [0.05, 0.1) is 22.4 Å². The number of likely N-dealkylation sites (tertiary alicyclic amines) is 1. The predicted octanol–water partition coefficient (Wildman–Crippen LogP) is 1.32. The van der Waals surface area contributed by atoms with E-state index in [2.05, 4.69) is 21.0 Å². The van der Waals surface area contributed by atoms with Crippen LogP contribution in [-0.4, -0.2) is 37.7 Å². The van der Waals surface area contributed by atoms with Crippen LogP contribution in [0, 0.1) is 0 Å². The van der Waals surface area contributed by atoms with Gasteiger partial charge in [-0.3, -0.25) is 9.48 Å². The number of hydrogen-bond donors (Lipinski definition) is 1. The largest absolute Gasteiger partial charge is 0.480 e. The molecule has 1 unspecified atom stereocenters. The minimum absolute atomic E-state index is 0.112. The Morgan fingerprint density at radius 1 is 1.58 bits per heavy atom. The number of hydrogen-bond acceptors (Lipinski definition) is 3. The number of rotatable bonds is 4. The summed E-state index contributed by atoms with van der Waals surface area (Å²) in [6.45, 7) is 2.28. The van der Waals surface area contributed by atoms with Crippen LogP contribution in [0.1, 0.15) is 31.2 Å². The fraction of sp³-hybridized carbons (Fsp3) is 0.583. The van der Waals surface area contributed by atoms with Crippen LogP contribution in [-0.2, 0) is 29.6 Å². The Balaban J connectivity index is 2.27. The molecule has 0 aliphatic carbocycles. The van der Waals surface area contributed by atoms with Gasteiger partial charge in [-0.2, -0.15) is 5.10 Å². The molecule has 2 heterocycles. The highest BCUT2D eigenvalue weighted by Gasteiger charge is 2.36. The van der Waals surface area contributed by atoms with Gasteiger partial charge in [0.25, 0.3) is 0 Å². The normalized spacial score (nSPS) is 19.2. The zero-order valence-corrected chi connectivity index (χ0v) is 12.5. The predicted molar refractivity (Wildman–Crippen MR) is 71.5 cm³/mol. The maximum absolute atomic E-state index is 11.8. The minimum atomic E-state index is -0.945. The Morgan fingerprint density at radius 3 is 2.79 bits per heavy atom. The molecule has 0 saturated carbocycles. The molecule has 0 bridgehead atoms. The smallest absolute Gasteiger partial charge is 0.326 e. The van der Waals surface area contributed by atoms with E-state index in [1.165, 1.54) is 4.90 Å². The molecule has 6 nitrogen and oxygen atoms in total. The number of carbonyl (C=O) groups excluding carboxylic acids is 1. The SMILES string of the molecule is CCc1nn(C)c(CN2C(=O)CCC2C(=O)O)c1Br. The number of carboxylic acid groups (broad SMARTS) is 1. The lowest BCUT2D eigenvalue weighted by Crippen LogP contribution is -2.38. The topological polar surface area (TPSA) is 75.4 Å². The van der Waals surface area contributed by atoms with Crippen LogP contribution in [0.4, 0.5) is 0 Å². The summed E-state index contributed by atoms with van der Waals surface area (Å²) in [5, 5.41) is 13.5. The van der Waals surface area contributed by atoms with Gasteiger partial charge in [0.2, 0.25) is 5.91 Å². The summed E-state index contributed by atoms with van der Waals surface area (Å²) >= 11 is 3.48. The van der Waals surface area contributed by atoms with Crippen LogP contribution >= 0.6 is 15.9 Å². The first-order valence-corrected chi connectivity index (χ1v) is 6.97. The first kappa shape index (κ1) is 14.0. The fourth-order valence-electron chi connectivity index (χ4n) is 2.34. The molecule has 1 amide bonds. The first-order chi connectivity index (χ1) is 8.95. The summed E-state index contributed by atoms with van der Waals surface area (Å²) in [7, 11) is 1.80. The van der Waals surface area contributed by atoms with E-state index in [1.807, 2.05) is 6.92 Å². The second-order valence-electron chi connectivity index (χ2n) is 4.60.